The van der Waals surface area contributed by atoms with Crippen LogP contribution in [0.2, 0.25) is 6.04 Å². The van der Waals surface area contributed by atoms with Crippen LogP contribution >= 0.6 is 0 Å². The quantitative estimate of drug-likeness (QED) is 0.272. The standard InChI is InChI=1S/C17H26O4Si/c1-4-7-15-22(20-6-3,16-11-9-8-10-12-16)21-14-13-19-17(18)5-2/h5,8-12H,2,4,6-7,13-15H2,1,3H3. The minimum Gasteiger partial charge on any atom is -0.460 e. The predicted octanol–water partition coefficient (Wildman–Crippen LogP) is 2.92. The van der Waals surface area contributed by atoms with Gasteiger partial charge in [0, 0.05) is 12.7 Å². The molecule has 1 atom stereocenters. The lowest BCUT2D eigenvalue weighted by atomic mass is 10.4. The van der Waals surface area contributed by atoms with Gasteiger partial charge in [0.2, 0.25) is 0 Å². The lowest BCUT2D eigenvalue weighted by molar-refractivity contribution is -0.138. The van der Waals surface area contributed by atoms with Crippen LogP contribution in [0.5, 0.6) is 0 Å². The maximum Gasteiger partial charge on any atom is 0.372 e. The maximum absolute atomic E-state index is 11.1. The van der Waals surface area contributed by atoms with Crippen LogP contribution in [0.3, 0.4) is 0 Å². The highest BCUT2D eigenvalue weighted by molar-refractivity contribution is 6.81. The summed E-state index contributed by atoms with van der Waals surface area (Å²) in [5.74, 6) is -0.430. The number of hydrogen-bond donors (Lipinski definition) is 0. The van der Waals surface area contributed by atoms with Gasteiger partial charge in [0.25, 0.3) is 0 Å². The van der Waals surface area contributed by atoms with Crippen molar-refractivity contribution in [3.8, 4) is 0 Å². The fourth-order valence-corrected chi connectivity index (χ4v) is 5.63. The topological polar surface area (TPSA) is 44.8 Å². The number of carbonyl (C=O) groups excluding carboxylic acids is 1. The van der Waals surface area contributed by atoms with E-state index in [1.165, 1.54) is 0 Å². The van der Waals surface area contributed by atoms with Crippen molar-refractivity contribution in [3.05, 3.63) is 43.0 Å². The van der Waals surface area contributed by atoms with Gasteiger partial charge in [-0.2, -0.15) is 0 Å². The second-order valence-corrected chi connectivity index (χ2v) is 8.04. The molecule has 0 aliphatic rings. The molecule has 0 fully saturated rings. The molecule has 22 heavy (non-hydrogen) atoms. The molecule has 5 heteroatoms. The fourth-order valence-electron chi connectivity index (χ4n) is 2.24. The number of hydrogen-bond acceptors (Lipinski definition) is 4. The average molecular weight is 322 g/mol. The molecule has 1 rings (SSSR count). The lowest BCUT2D eigenvalue weighted by Crippen LogP contribution is -2.54. The smallest absolute Gasteiger partial charge is 0.372 e. The van der Waals surface area contributed by atoms with Crippen LogP contribution < -0.4 is 5.19 Å². The van der Waals surface area contributed by atoms with Crippen molar-refractivity contribution >= 4 is 19.7 Å². The van der Waals surface area contributed by atoms with Crippen LogP contribution in [0.15, 0.2) is 43.0 Å². The Balaban J connectivity index is 2.79. The van der Waals surface area contributed by atoms with Crippen molar-refractivity contribution in [3.63, 3.8) is 0 Å². The first-order valence-electron chi connectivity index (χ1n) is 7.81. The molecule has 0 radical (unpaired) electrons. The van der Waals surface area contributed by atoms with Crippen LogP contribution in [0.4, 0.5) is 0 Å². The van der Waals surface area contributed by atoms with Crippen LogP contribution in [-0.2, 0) is 18.4 Å². The summed E-state index contributed by atoms with van der Waals surface area (Å²) in [6, 6.07) is 11.0. The van der Waals surface area contributed by atoms with Gasteiger partial charge in [0.05, 0.1) is 6.61 Å². The van der Waals surface area contributed by atoms with Crippen LogP contribution in [0.1, 0.15) is 26.7 Å². The monoisotopic (exact) mass is 322 g/mol. The molecule has 1 aromatic rings. The highest BCUT2D eigenvalue weighted by atomic mass is 28.4. The van der Waals surface area contributed by atoms with Crippen LogP contribution in [0.25, 0.3) is 0 Å². The molecule has 0 spiro atoms. The van der Waals surface area contributed by atoms with Crippen LogP contribution in [-0.4, -0.2) is 34.4 Å². The zero-order chi connectivity index (χ0) is 16.3. The zero-order valence-electron chi connectivity index (χ0n) is 13.5. The lowest BCUT2D eigenvalue weighted by Gasteiger charge is -2.30. The summed E-state index contributed by atoms with van der Waals surface area (Å²) in [6.45, 7) is 8.67. The summed E-state index contributed by atoms with van der Waals surface area (Å²) in [5.41, 5.74) is 0. The van der Waals surface area contributed by atoms with Crippen molar-refractivity contribution < 1.29 is 18.4 Å². The summed E-state index contributed by atoms with van der Waals surface area (Å²) in [4.78, 5) is 11.1. The van der Waals surface area contributed by atoms with Gasteiger partial charge in [0.1, 0.15) is 6.61 Å². The van der Waals surface area contributed by atoms with E-state index in [1.54, 1.807) is 0 Å². The largest absolute Gasteiger partial charge is 0.460 e. The molecule has 1 aromatic carbocycles. The molecule has 4 nitrogen and oxygen atoms in total. The molecule has 0 bridgehead atoms. The Morgan fingerprint density at radius 1 is 1.18 bits per heavy atom. The third kappa shape index (κ3) is 5.75. The van der Waals surface area contributed by atoms with Crippen molar-refractivity contribution in [1.29, 1.82) is 0 Å². The van der Waals surface area contributed by atoms with Crippen molar-refractivity contribution in [2.45, 2.75) is 32.7 Å². The first-order chi connectivity index (χ1) is 10.7. The second kappa shape index (κ2) is 10.3. The summed E-state index contributed by atoms with van der Waals surface area (Å²) in [7, 11) is -2.49. The fraction of sp³-hybridized carbons (Fsp3) is 0.471. The Morgan fingerprint density at radius 3 is 2.50 bits per heavy atom. The van der Waals surface area contributed by atoms with Crippen molar-refractivity contribution in [1.82, 2.24) is 0 Å². The molecule has 0 amide bonds. The summed E-state index contributed by atoms with van der Waals surface area (Å²) >= 11 is 0. The normalized spacial score (nSPS) is 13.4. The first-order valence-corrected chi connectivity index (χ1v) is 9.83. The van der Waals surface area contributed by atoms with Gasteiger partial charge in [-0.3, -0.25) is 0 Å². The minimum absolute atomic E-state index is 0.214. The van der Waals surface area contributed by atoms with Gasteiger partial charge in [-0.25, -0.2) is 4.79 Å². The Bertz CT molecular complexity index is 449. The molecule has 0 aliphatic heterocycles. The SMILES string of the molecule is C=CC(=O)OCCO[Si](CCCC)(OCC)c1ccccc1. The third-order valence-electron chi connectivity index (χ3n) is 3.28. The van der Waals surface area contributed by atoms with E-state index in [9.17, 15) is 4.79 Å². The van der Waals surface area contributed by atoms with E-state index in [0.29, 0.717) is 13.2 Å². The summed E-state index contributed by atoms with van der Waals surface area (Å²) in [6.07, 6.45) is 3.29. The van der Waals surface area contributed by atoms with E-state index in [2.05, 4.69) is 25.6 Å². The highest BCUT2D eigenvalue weighted by Crippen LogP contribution is 2.18. The Hall–Kier alpha value is -1.43. The molecule has 1 unspecified atom stereocenters. The van der Waals surface area contributed by atoms with E-state index in [1.807, 2.05) is 25.1 Å². The Labute approximate surface area is 134 Å². The summed E-state index contributed by atoms with van der Waals surface area (Å²) in [5, 5.41) is 1.13. The van der Waals surface area contributed by atoms with Gasteiger partial charge >= 0.3 is 14.5 Å². The second-order valence-electron chi connectivity index (χ2n) is 4.88. The number of rotatable bonds is 11. The minimum atomic E-state index is -2.49. The van der Waals surface area contributed by atoms with Gasteiger partial charge in [-0.05, 0) is 18.2 Å². The van der Waals surface area contributed by atoms with Gasteiger partial charge in [0.15, 0.2) is 0 Å². The molecule has 0 heterocycles. The highest BCUT2D eigenvalue weighted by Gasteiger charge is 2.39. The van der Waals surface area contributed by atoms with Crippen molar-refractivity contribution in [2.75, 3.05) is 19.8 Å². The number of benzene rings is 1. The third-order valence-corrected chi connectivity index (χ3v) is 6.93. The van der Waals surface area contributed by atoms with Gasteiger partial charge in [-0.1, -0.05) is 56.7 Å². The van der Waals surface area contributed by atoms with E-state index in [-0.39, 0.29) is 6.61 Å². The number of ether oxygens (including phenoxy) is 1. The predicted molar refractivity (Wildman–Crippen MR) is 90.3 cm³/mol. The molecular weight excluding hydrogens is 296 g/mol. The van der Waals surface area contributed by atoms with E-state index < -0.39 is 14.5 Å². The molecule has 0 N–H and O–H groups in total. The van der Waals surface area contributed by atoms with Crippen molar-refractivity contribution in [2.24, 2.45) is 0 Å². The summed E-state index contributed by atoms with van der Waals surface area (Å²) < 4.78 is 17.3. The molecule has 122 valence electrons. The molecular formula is C17H26O4Si. The van der Waals surface area contributed by atoms with Crippen LogP contribution in [0, 0.1) is 0 Å². The van der Waals surface area contributed by atoms with Gasteiger partial charge < -0.3 is 13.6 Å². The Kier molecular flexibility index (Phi) is 8.73. The molecule has 0 aromatic heterocycles. The number of carbonyl (C=O) groups is 1. The molecule has 0 saturated carbocycles. The zero-order valence-corrected chi connectivity index (χ0v) is 14.5. The maximum atomic E-state index is 11.1. The Morgan fingerprint density at radius 2 is 1.91 bits per heavy atom. The van der Waals surface area contributed by atoms with E-state index >= 15 is 0 Å². The van der Waals surface area contributed by atoms with Gasteiger partial charge in [-0.15, -0.1) is 0 Å². The number of esters is 1. The number of unbranched alkanes of at least 4 members (excludes halogenated alkanes) is 1. The average Bonchev–Trinajstić information content (AvgIpc) is 2.57. The van der Waals surface area contributed by atoms with E-state index in [4.69, 9.17) is 13.6 Å². The molecule has 0 aliphatic carbocycles. The first kappa shape index (κ1) is 18.6. The molecule has 0 saturated heterocycles. The van der Waals surface area contributed by atoms with E-state index in [0.717, 1.165) is 30.1 Å².